The number of nitrogens with one attached hydrogen (secondary N) is 2. The Kier molecular flexibility index (Phi) is 4.53. The summed E-state index contributed by atoms with van der Waals surface area (Å²) >= 11 is 1.63. The third-order valence-electron chi connectivity index (χ3n) is 3.44. The van der Waals surface area contributed by atoms with Crippen molar-refractivity contribution < 1.29 is 0 Å². The molecule has 0 bridgehead atoms. The Morgan fingerprint density at radius 3 is 2.55 bits per heavy atom. The van der Waals surface area contributed by atoms with Crippen LogP contribution in [0.25, 0.3) is 10.8 Å². The Morgan fingerprint density at radius 1 is 0.955 bits per heavy atom. The van der Waals surface area contributed by atoms with E-state index in [0.717, 1.165) is 23.2 Å². The van der Waals surface area contributed by atoms with Crippen molar-refractivity contribution in [1.82, 2.24) is 10.2 Å². The second-order valence-corrected chi connectivity index (χ2v) is 6.49. The molecule has 0 aliphatic heterocycles. The summed E-state index contributed by atoms with van der Waals surface area (Å²) in [5.74, 6) is 0.432. The Morgan fingerprint density at radius 2 is 1.73 bits per heavy atom. The number of hydrogen-bond donors (Lipinski definition) is 2. The maximum Gasteiger partial charge on any atom is 0.205 e. The third kappa shape index (κ3) is 3.36. The lowest BCUT2D eigenvalue weighted by Gasteiger charge is -2.10. The van der Waals surface area contributed by atoms with Crippen molar-refractivity contribution in [3.8, 4) is 0 Å². The molecule has 4 nitrogen and oxygen atoms in total. The largest absolute Gasteiger partial charge is 0.383 e. The molecule has 0 fully saturated rings. The molecule has 0 spiro atoms. The number of hydrogen-bond acceptors (Lipinski definition) is 5. The minimum atomic E-state index is 0.432. The predicted molar refractivity (Wildman–Crippen MR) is 94.9 cm³/mol. The van der Waals surface area contributed by atoms with Crippen LogP contribution in [0.3, 0.4) is 0 Å². The predicted octanol–water partition coefficient (Wildman–Crippen LogP) is 4.34. The van der Waals surface area contributed by atoms with Crippen molar-refractivity contribution >= 4 is 32.9 Å². The van der Waals surface area contributed by atoms with Crippen LogP contribution >= 0.6 is 11.3 Å². The van der Waals surface area contributed by atoms with Crippen LogP contribution in [0.5, 0.6) is 0 Å². The first-order valence-electron chi connectivity index (χ1n) is 7.53. The molecule has 0 atom stereocenters. The number of rotatable bonds is 6. The highest BCUT2D eigenvalue weighted by Crippen LogP contribution is 2.23. The van der Waals surface area contributed by atoms with Gasteiger partial charge in [-0.2, -0.15) is 0 Å². The molecule has 114 valence electrons. The molecule has 0 amide bonds. The molecule has 0 saturated carbocycles. The van der Waals surface area contributed by atoms with Crippen molar-refractivity contribution in [3.63, 3.8) is 0 Å². The summed E-state index contributed by atoms with van der Waals surface area (Å²) in [6, 6.07) is 14.7. The van der Waals surface area contributed by atoms with Crippen molar-refractivity contribution in [2.75, 3.05) is 23.7 Å². The zero-order valence-corrected chi connectivity index (χ0v) is 13.7. The van der Waals surface area contributed by atoms with E-state index < -0.39 is 0 Å². The van der Waals surface area contributed by atoms with Crippen LogP contribution in [0.1, 0.15) is 24.8 Å². The number of benzene rings is 2. The zero-order chi connectivity index (χ0) is 15.4. The van der Waals surface area contributed by atoms with Crippen LogP contribution in [0, 0.1) is 0 Å². The highest BCUT2D eigenvalue weighted by atomic mass is 32.1. The van der Waals surface area contributed by atoms with E-state index in [-0.39, 0.29) is 0 Å². The summed E-state index contributed by atoms with van der Waals surface area (Å²) in [6.07, 6.45) is 0. The van der Waals surface area contributed by atoms with E-state index in [1.54, 1.807) is 11.3 Å². The SMILES string of the molecule is CC(C)c1nnc(NCCNc2cccc3ccccc23)s1. The van der Waals surface area contributed by atoms with Crippen LogP contribution in [0.15, 0.2) is 42.5 Å². The van der Waals surface area contributed by atoms with Crippen LogP contribution in [0.2, 0.25) is 0 Å². The monoisotopic (exact) mass is 312 g/mol. The molecular formula is C17H20N4S. The molecule has 3 rings (SSSR count). The van der Waals surface area contributed by atoms with Gasteiger partial charge in [0, 0.05) is 30.1 Å². The summed E-state index contributed by atoms with van der Waals surface area (Å²) in [7, 11) is 0. The quantitative estimate of drug-likeness (QED) is 0.665. The zero-order valence-electron chi connectivity index (χ0n) is 12.8. The van der Waals surface area contributed by atoms with Crippen molar-refractivity contribution in [1.29, 1.82) is 0 Å². The van der Waals surface area contributed by atoms with Crippen LogP contribution in [-0.4, -0.2) is 23.3 Å². The van der Waals surface area contributed by atoms with Gasteiger partial charge in [-0.05, 0) is 11.5 Å². The molecule has 3 aromatic rings. The highest BCUT2D eigenvalue weighted by molar-refractivity contribution is 7.15. The van der Waals surface area contributed by atoms with Gasteiger partial charge >= 0.3 is 0 Å². The van der Waals surface area contributed by atoms with Gasteiger partial charge < -0.3 is 10.6 Å². The Hall–Kier alpha value is -2.14. The molecule has 0 aliphatic carbocycles. The Labute approximate surface area is 134 Å². The lowest BCUT2D eigenvalue weighted by Crippen LogP contribution is -2.13. The summed E-state index contributed by atoms with van der Waals surface area (Å²) < 4.78 is 0. The second-order valence-electron chi connectivity index (χ2n) is 5.48. The molecular weight excluding hydrogens is 292 g/mol. The van der Waals surface area contributed by atoms with Crippen molar-refractivity contribution in [2.45, 2.75) is 19.8 Å². The van der Waals surface area contributed by atoms with E-state index in [2.05, 4.69) is 77.1 Å². The van der Waals surface area contributed by atoms with Crippen LogP contribution in [0.4, 0.5) is 10.8 Å². The minimum Gasteiger partial charge on any atom is -0.383 e. The first-order chi connectivity index (χ1) is 10.7. The smallest absolute Gasteiger partial charge is 0.205 e. The van der Waals surface area contributed by atoms with E-state index in [1.807, 2.05) is 0 Å². The van der Waals surface area contributed by atoms with Crippen molar-refractivity contribution in [2.24, 2.45) is 0 Å². The van der Waals surface area contributed by atoms with Crippen LogP contribution < -0.4 is 10.6 Å². The topological polar surface area (TPSA) is 49.8 Å². The normalized spacial score (nSPS) is 11.0. The fourth-order valence-electron chi connectivity index (χ4n) is 2.29. The maximum atomic E-state index is 4.18. The molecule has 2 N–H and O–H groups in total. The summed E-state index contributed by atoms with van der Waals surface area (Å²) in [4.78, 5) is 0. The van der Waals surface area contributed by atoms with Gasteiger partial charge in [0.05, 0.1) is 0 Å². The third-order valence-corrected chi connectivity index (χ3v) is 4.62. The lowest BCUT2D eigenvalue weighted by molar-refractivity contribution is 0.824. The van der Waals surface area contributed by atoms with E-state index in [9.17, 15) is 0 Å². The molecule has 2 aromatic carbocycles. The minimum absolute atomic E-state index is 0.432. The fourth-order valence-corrected chi connectivity index (χ4v) is 3.06. The summed E-state index contributed by atoms with van der Waals surface area (Å²) in [6.45, 7) is 5.92. The average Bonchev–Trinajstić information content (AvgIpc) is 3.01. The van der Waals surface area contributed by atoms with Gasteiger partial charge in [-0.15, -0.1) is 10.2 Å². The lowest BCUT2D eigenvalue weighted by atomic mass is 10.1. The molecule has 5 heteroatoms. The molecule has 0 radical (unpaired) electrons. The second kappa shape index (κ2) is 6.75. The van der Waals surface area contributed by atoms with Gasteiger partial charge in [-0.1, -0.05) is 61.6 Å². The molecule has 22 heavy (non-hydrogen) atoms. The Bertz CT molecular complexity index is 746. The van der Waals surface area contributed by atoms with Gasteiger partial charge in [-0.3, -0.25) is 0 Å². The van der Waals surface area contributed by atoms with Crippen LogP contribution in [-0.2, 0) is 0 Å². The van der Waals surface area contributed by atoms with E-state index in [1.165, 1.54) is 16.5 Å². The van der Waals surface area contributed by atoms with Gasteiger partial charge in [0.15, 0.2) is 0 Å². The van der Waals surface area contributed by atoms with Gasteiger partial charge in [0.1, 0.15) is 5.01 Å². The number of aromatic nitrogens is 2. The van der Waals surface area contributed by atoms with E-state index >= 15 is 0 Å². The van der Waals surface area contributed by atoms with Crippen molar-refractivity contribution in [3.05, 3.63) is 47.5 Å². The highest BCUT2D eigenvalue weighted by Gasteiger charge is 2.06. The summed E-state index contributed by atoms with van der Waals surface area (Å²) in [5, 5.41) is 19.6. The first-order valence-corrected chi connectivity index (χ1v) is 8.34. The summed E-state index contributed by atoms with van der Waals surface area (Å²) in [5.41, 5.74) is 1.17. The first kappa shape index (κ1) is 14.8. The molecule has 0 saturated heterocycles. The van der Waals surface area contributed by atoms with Gasteiger partial charge in [0.25, 0.3) is 0 Å². The molecule has 1 heterocycles. The van der Waals surface area contributed by atoms with E-state index in [0.29, 0.717) is 5.92 Å². The Balaban J connectivity index is 1.56. The average molecular weight is 312 g/mol. The fraction of sp³-hybridized carbons (Fsp3) is 0.294. The van der Waals surface area contributed by atoms with Gasteiger partial charge in [0.2, 0.25) is 5.13 Å². The number of fused-ring (bicyclic) bond motifs is 1. The van der Waals surface area contributed by atoms with Gasteiger partial charge in [-0.25, -0.2) is 0 Å². The standard InChI is InChI=1S/C17H20N4S/c1-12(2)16-20-21-17(22-16)19-11-10-18-15-9-5-7-13-6-3-4-8-14(13)15/h3-9,12,18H,10-11H2,1-2H3,(H,19,21). The maximum absolute atomic E-state index is 4.18. The number of anilines is 2. The molecule has 0 unspecified atom stereocenters. The van der Waals surface area contributed by atoms with E-state index in [4.69, 9.17) is 0 Å². The molecule has 0 aliphatic rings. The molecule has 1 aromatic heterocycles. The number of nitrogens with zero attached hydrogens (tertiary/aromatic N) is 2.